The zero-order valence-electron chi connectivity index (χ0n) is 10.8. The lowest BCUT2D eigenvalue weighted by atomic mass is 9.99. The van der Waals surface area contributed by atoms with Gasteiger partial charge in [-0.15, -0.1) is 11.3 Å². The van der Waals surface area contributed by atoms with Gasteiger partial charge in [0, 0.05) is 10.9 Å². The Balaban J connectivity index is 2.09. The fourth-order valence-corrected chi connectivity index (χ4v) is 3.24. The van der Waals surface area contributed by atoms with Crippen molar-refractivity contribution in [2.24, 2.45) is 11.3 Å². The molecule has 16 heavy (non-hydrogen) atoms. The summed E-state index contributed by atoms with van der Waals surface area (Å²) in [6.07, 6.45) is 2.58. The molecule has 1 aromatic rings. The van der Waals surface area contributed by atoms with Crippen molar-refractivity contribution in [2.45, 2.75) is 46.6 Å². The molecule has 1 aliphatic carbocycles. The summed E-state index contributed by atoms with van der Waals surface area (Å²) < 4.78 is 0. The molecule has 1 saturated carbocycles. The van der Waals surface area contributed by atoms with E-state index in [1.54, 1.807) is 0 Å². The molecule has 1 N–H and O–H groups in total. The summed E-state index contributed by atoms with van der Waals surface area (Å²) in [6.45, 7) is 10.3. The molecule has 2 atom stereocenters. The Morgan fingerprint density at radius 2 is 2.25 bits per heavy atom. The Hall–Kier alpha value is -0.340. The second kappa shape index (κ2) is 4.50. The Bertz CT molecular complexity index is 353. The Morgan fingerprint density at radius 1 is 1.56 bits per heavy atom. The summed E-state index contributed by atoms with van der Waals surface area (Å²) in [5.74, 6) is 0.827. The van der Waals surface area contributed by atoms with Gasteiger partial charge in [-0.3, -0.25) is 0 Å². The Labute approximate surface area is 103 Å². The lowest BCUT2D eigenvalue weighted by molar-refractivity contribution is 0.416. The van der Waals surface area contributed by atoms with Crippen molar-refractivity contribution in [3.05, 3.63) is 21.9 Å². The molecule has 2 rings (SSSR count). The van der Waals surface area contributed by atoms with Gasteiger partial charge in [0.1, 0.15) is 0 Å². The van der Waals surface area contributed by atoms with Gasteiger partial charge in [-0.25, -0.2) is 0 Å². The van der Waals surface area contributed by atoms with Gasteiger partial charge in [0.2, 0.25) is 0 Å². The third kappa shape index (κ3) is 2.49. The molecule has 2 heteroatoms. The largest absolute Gasteiger partial charge is 0.310 e. The van der Waals surface area contributed by atoms with Gasteiger partial charge in [-0.1, -0.05) is 20.8 Å². The highest BCUT2D eigenvalue weighted by Crippen LogP contribution is 2.57. The van der Waals surface area contributed by atoms with E-state index >= 15 is 0 Å². The molecule has 1 aliphatic rings. The van der Waals surface area contributed by atoms with E-state index in [9.17, 15) is 0 Å². The number of hydrogen-bond acceptors (Lipinski definition) is 2. The number of nitrogens with one attached hydrogen (secondary N) is 1. The van der Waals surface area contributed by atoms with Crippen molar-refractivity contribution in [1.82, 2.24) is 5.32 Å². The van der Waals surface area contributed by atoms with Crippen LogP contribution >= 0.6 is 11.3 Å². The minimum Gasteiger partial charge on any atom is -0.310 e. The van der Waals surface area contributed by atoms with E-state index in [1.165, 1.54) is 23.3 Å². The van der Waals surface area contributed by atoms with Crippen LogP contribution in [-0.4, -0.2) is 6.54 Å². The van der Waals surface area contributed by atoms with E-state index in [2.05, 4.69) is 44.5 Å². The van der Waals surface area contributed by atoms with Gasteiger partial charge in [-0.2, -0.15) is 0 Å². The van der Waals surface area contributed by atoms with Crippen LogP contribution in [0.1, 0.15) is 50.1 Å². The molecular formula is C14H23NS. The van der Waals surface area contributed by atoms with E-state index in [1.807, 2.05) is 11.3 Å². The van der Waals surface area contributed by atoms with Crippen LogP contribution in [0.25, 0.3) is 0 Å². The van der Waals surface area contributed by atoms with Crippen LogP contribution in [0.3, 0.4) is 0 Å². The average molecular weight is 237 g/mol. The molecule has 0 saturated heterocycles. The SMILES string of the molecule is CCCNC(c1csc(C)c1)C1CC1(C)C. The molecule has 0 aliphatic heterocycles. The van der Waals surface area contributed by atoms with Crippen molar-refractivity contribution in [1.29, 1.82) is 0 Å². The zero-order valence-corrected chi connectivity index (χ0v) is 11.7. The third-order valence-electron chi connectivity index (χ3n) is 3.72. The lowest BCUT2D eigenvalue weighted by Crippen LogP contribution is -2.25. The molecule has 0 spiro atoms. The lowest BCUT2D eigenvalue weighted by Gasteiger charge is -2.19. The fourth-order valence-electron chi connectivity index (χ4n) is 2.50. The Morgan fingerprint density at radius 3 is 2.69 bits per heavy atom. The smallest absolute Gasteiger partial charge is 0.0362 e. The van der Waals surface area contributed by atoms with Crippen LogP contribution in [0.2, 0.25) is 0 Å². The third-order valence-corrected chi connectivity index (χ3v) is 4.60. The second-order valence-corrected chi connectivity index (χ2v) is 6.84. The molecule has 1 aromatic heterocycles. The highest BCUT2D eigenvalue weighted by atomic mass is 32.1. The average Bonchev–Trinajstić information content (AvgIpc) is 2.64. The Kier molecular flexibility index (Phi) is 3.41. The van der Waals surface area contributed by atoms with E-state index in [0.29, 0.717) is 11.5 Å². The maximum atomic E-state index is 3.72. The molecule has 1 nitrogen and oxygen atoms in total. The highest BCUT2D eigenvalue weighted by molar-refractivity contribution is 7.10. The van der Waals surface area contributed by atoms with Crippen molar-refractivity contribution in [2.75, 3.05) is 6.54 Å². The molecule has 90 valence electrons. The molecule has 0 amide bonds. The van der Waals surface area contributed by atoms with Crippen LogP contribution in [-0.2, 0) is 0 Å². The fraction of sp³-hybridized carbons (Fsp3) is 0.714. The highest BCUT2D eigenvalue weighted by Gasteiger charge is 2.50. The standard InChI is InChI=1S/C14H23NS/c1-5-6-15-13(12-8-14(12,3)4)11-7-10(2)16-9-11/h7,9,12-13,15H,5-6,8H2,1-4H3. The number of rotatable bonds is 5. The predicted octanol–water partition coefficient (Wildman–Crippen LogP) is 4.14. The number of hydrogen-bond donors (Lipinski definition) is 1. The second-order valence-electron chi connectivity index (χ2n) is 5.72. The zero-order chi connectivity index (χ0) is 11.8. The minimum absolute atomic E-state index is 0.543. The van der Waals surface area contributed by atoms with Crippen LogP contribution < -0.4 is 5.32 Å². The van der Waals surface area contributed by atoms with Crippen LogP contribution in [0.5, 0.6) is 0 Å². The van der Waals surface area contributed by atoms with Gasteiger partial charge in [0.25, 0.3) is 0 Å². The number of thiophene rings is 1. The van der Waals surface area contributed by atoms with Crippen molar-refractivity contribution >= 4 is 11.3 Å². The van der Waals surface area contributed by atoms with Crippen molar-refractivity contribution in [3.63, 3.8) is 0 Å². The molecule has 0 bridgehead atoms. The maximum Gasteiger partial charge on any atom is 0.0362 e. The van der Waals surface area contributed by atoms with Crippen molar-refractivity contribution in [3.8, 4) is 0 Å². The summed E-state index contributed by atoms with van der Waals surface area (Å²) in [6, 6.07) is 2.94. The van der Waals surface area contributed by atoms with Crippen LogP contribution in [0, 0.1) is 18.3 Å². The van der Waals surface area contributed by atoms with E-state index in [-0.39, 0.29) is 0 Å². The van der Waals surface area contributed by atoms with Crippen LogP contribution in [0.15, 0.2) is 11.4 Å². The minimum atomic E-state index is 0.543. The topological polar surface area (TPSA) is 12.0 Å². The first-order chi connectivity index (χ1) is 7.54. The van der Waals surface area contributed by atoms with E-state index < -0.39 is 0 Å². The normalized spacial score (nSPS) is 24.4. The molecule has 1 heterocycles. The maximum absolute atomic E-state index is 3.72. The summed E-state index contributed by atoms with van der Waals surface area (Å²) in [5.41, 5.74) is 2.05. The molecular weight excluding hydrogens is 214 g/mol. The monoisotopic (exact) mass is 237 g/mol. The quantitative estimate of drug-likeness (QED) is 0.811. The van der Waals surface area contributed by atoms with Gasteiger partial charge in [0.05, 0.1) is 0 Å². The molecule has 0 radical (unpaired) electrons. The first kappa shape index (κ1) is 12.1. The first-order valence-electron chi connectivity index (χ1n) is 6.33. The van der Waals surface area contributed by atoms with Crippen molar-refractivity contribution < 1.29 is 0 Å². The molecule has 2 unspecified atom stereocenters. The first-order valence-corrected chi connectivity index (χ1v) is 7.21. The summed E-state index contributed by atoms with van der Waals surface area (Å²) in [7, 11) is 0. The van der Waals surface area contributed by atoms with Crippen LogP contribution in [0.4, 0.5) is 0 Å². The summed E-state index contributed by atoms with van der Waals surface area (Å²) in [4.78, 5) is 1.43. The van der Waals surface area contributed by atoms with Gasteiger partial charge in [0.15, 0.2) is 0 Å². The summed E-state index contributed by atoms with van der Waals surface area (Å²) >= 11 is 1.87. The van der Waals surface area contributed by atoms with Gasteiger partial charge in [-0.05, 0) is 54.7 Å². The van der Waals surface area contributed by atoms with Gasteiger partial charge >= 0.3 is 0 Å². The number of aryl methyl sites for hydroxylation is 1. The van der Waals surface area contributed by atoms with E-state index in [0.717, 1.165) is 12.5 Å². The van der Waals surface area contributed by atoms with E-state index in [4.69, 9.17) is 0 Å². The molecule has 1 fully saturated rings. The van der Waals surface area contributed by atoms with Gasteiger partial charge < -0.3 is 5.32 Å². The molecule has 0 aromatic carbocycles. The predicted molar refractivity (Wildman–Crippen MR) is 72.0 cm³/mol. The summed E-state index contributed by atoms with van der Waals surface area (Å²) in [5, 5.41) is 6.05.